The van der Waals surface area contributed by atoms with Gasteiger partial charge in [0.25, 0.3) is 0 Å². The monoisotopic (exact) mass is 422 g/mol. The minimum absolute atomic E-state index is 0. The summed E-state index contributed by atoms with van der Waals surface area (Å²) in [5, 5.41) is 5.80. The van der Waals surface area contributed by atoms with Crippen LogP contribution in [0.2, 0.25) is 0 Å². The van der Waals surface area contributed by atoms with Crippen LogP contribution in [0.4, 0.5) is 5.13 Å². The number of hydrogen-bond acceptors (Lipinski definition) is 5. The Morgan fingerprint density at radius 3 is 2.46 bits per heavy atom. The molecule has 1 saturated heterocycles. The molecule has 1 aliphatic heterocycles. The van der Waals surface area contributed by atoms with E-state index in [2.05, 4.69) is 20.6 Å². The molecular weight excluding hydrogens is 391 g/mol. The third-order valence-electron chi connectivity index (χ3n) is 5.52. The number of nitrogens with zero attached hydrogens (tertiary/aromatic N) is 2. The van der Waals surface area contributed by atoms with Gasteiger partial charge in [-0.05, 0) is 50.7 Å². The zero-order valence-corrected chi connectivity index (χ0v) is 17.8. The highest BCUT2D eigenvalue weighted by atomic mass is 35.5. The van der Waals surface area contributed by atoms with Crippen LogP contribution in [0.15, 0.2) is 5.38 Å². The highest BCUT2D eigenvalue weighted by Crippen LogP contribution is 2.38. The number of rotatable bonds is 6. The van der Waals surface area contributed by atoms with Gasteiger partial charge in [-0.1, -0.05) is 25.7 Å². The molecule has 0 spiro atoms. The maximum atomic E-state index is 12.4. The number of carbonyl (C=O) groups excluding carboxylic acids is 1. The van der Waals surface area contributed by atoms with Gasteiger partial charge in [0, 0.05) is 18.3 Å². The summed E-state index contributed by atoms with van der Waals surface area (Å²) in [4.78, 5) is 19.5. The van der Waals surface area contributed by atoms with Crippen molar-refractivity contribution in [2.24, 2.45) is 11.1 Å². The lowest BCUT2D eigenvalue weighted by Gasteiger charge is -2.35. The molecule has 0 atom stereocenters. The molecule has 1 aromatic rings. The van der Waals surface area contributed by atoms with Crippen molar-refractivity contribution in [3.8, 4) is 0 Å². The highest BCUT2D eigenvalue weighted by molar-refractivity contribution is 7.13. The van der Waals surface area contributed by atoms with Crippen molar-refractivity contribution in [1.82, 2.24) is 9.88 Å². The fourth-order valence-electron chi connectivity index (χ4n) is 4.04. The standard InChI is InChI=1S/C18H30N4OS.2ClH/c19-14-18(7-3-1-4-8-18)11-16(23)21-17-20-15(13-24-17)12-22-9-5-2-6-10-22;;/h13H,1-12,14,19H2,(H,20,21,23);2*1H. The van der Waals surface area contributed by atoms with Gasteiger partial charge in [-0.3, -0.25) is 9.69 Å². The Bertz CT molecular complexity index is 543. The molecule has 0 radical (unpaired) electrons. The summed E-state index contributed by atoms with van der Waals surface area (Å²) in [6.45, 7) is 3.84. The second-order valence-electron chi connectivity index (χ2n) is 7.47. The lowest BCUT2D eigenvalue weighted by molar-refractivity contribution is -0.118. The SMILES string of the molecule is Cl.Cl.NCC1(CC(=O)Nc2nc(CN3CCCCC3)cs2)CCCCC1. The Morgan fingerprint density at radius 1 is 1.15 bits per heavy atom. The summed E-state index contributed by atoms with van der Waals surface area (Å²) < 4.78 is 0. The third kappa shape index (κ3) is 6.64. The van der Waals surface area contributed by atoms with Crippen LogP contribution in [0.5, 0.6) is 0 Å². The van der Waals surface area contributed by atoms with Gasteiger partial charge >= 0.3 is 0 Å². The zero-order chi connectivity index (χ0) is 16.8. The molecule has 0 unspecified atom stereocenters. The Morgan fingerprint density at radius 2 is 1.81 bits per heavy atom. The van der Waals surface area contributed by atoms with Gasteiger partial charge in [-0.15, -0.1) is 36.2 Å². The molecule has 1 amide bonds. The minimum atomic E-state index is 0. The molecule has 2 aliphatic rings. The number of likely N-dealkylation sites (tertiary alicyclic amines) is 1. The Kier molecular flexibility index (Phi) is 10.4. The molecule has 1 aliphatic carbocycles. The van der Waals surface area contributed by atoms with Crippen molar-refractivity contribution >= 4 is 47.2 Å². The van der Waals surface area contributed by atoms with E-state index in [0.29, 0.717) is 13.0 Å². The third-order valence-corrected chi connectivity index (χ3v) is 6.32. The van der Waals surface area contributed by atoms with E-state index in [1.807, 2.05) is 0 Å². The fraction of sp³-hybridized carbons (Fsp3) is 0.778. The first-order valence-corrected chi connectivity index (χ1v) is 10.2. The molecule has 2 fully saturated rings. The van der Waals surface area contributed by atoms with E-state index >= 15 is 0 Å². The topological polar surface area (TPSA) is 71.2 Å². The normalized spacial score (nSPS) is 19.9. The van der Waals surface area contributed by atoms with Crippen LogP contribution in [-0.4, -0.2) is 35.4 Å². The molecule has 0 bridgehead atoms. The number of aromatic nitrogens is 1. The predicted octanol–water partition coefficient (Wildman–Crippen LogP) is 4.21. The molecule has 2 heterocycles. The van der Waals surface area contributed by atoms with E-state index in [4.69, 9.17) is 5.73 Å². The smallest absolute Gasteiger partial charge is 0.226 e. The molecule has 8 heteroatoms. The summed E-state index contributed by atoms with van der Waals surface area (Å²) >= 11 is 1.53. The predicted molar refractivity (Wildman–Crippen MR) is 114 cm³/mol. The molecule has 150 valence electrons. The molecule has 26 heavy (non-hydrogen) atoms. The first-order chi connectivity index (χ1) is 11.7. The van der Waals surface area contributed by atoms with Crippen LogP contribution in [0.3, 0.4) is 0 Å². The summed E-state index contributed by atoms with van der Waals surface area (Å²) in [7, 11) is 0. The van der Waals surface area contributed by atoms with E-state index < -0.39 is 0 Å². The lowest BCUT2D eigenvalue weighted by atomic mass is 9.72. The average molecular weight is 423 g/mol. The van der Waals surface area contributed by atoms with Gasteiger partial charge in [0.1, 0.15) is 0 Å². The largest absolute Gasteiger partial charge is 0.330 e. The summed E-state index contributed by atoms with van der Waals surface area (Å²) in [6.07, 6.45) is 10.3. The molecule has 3 N–H and O–H groups in total. The van der Waals surface area contributed by atoms with Crippen molar-refractivity contribution in [3.05, 3.63) is 11.1 Å². The number of hydrogen-bond donors (Lipinski definition) is 2. The number of anilines is 1. The maximum Gasteiger partial charge on any atom is 0.226 e. The first-order valence-electron chi connectivity index (χ1n) is 9.36. The summed E-state index contributed by atoms with van der Waals surface area (Å²) in [5.41, 5.74) is 7.07. The van der Waals surface area contributed by atoms with Crippen LogP contribution in [0.1, 0.15) is 63.5 Å². The van der Waals surface area contributed by atoms with Gasteiger partial charge in [0.05, 0.1) is 5.69 Å². The second-order valence-corrected chi connectivity index (χ2v) is 8.33. The molecule has 5 nitrogen and oxygen atoms in total. The Hall–Kier alpha value is -0.400. The van der Waals surface area contributed by atoms with Gasteiger partial charge in [-0.2, -0.15) is 0 Å². The number of nitrogens with one attached hydrogen (secondary N) is 1. The number of thiazole rings is 1. The van der Waals surface area contributed by atoms with E-state index in [1.165, 1.54) is 49.9 Å². The minimum Gasteiger partial charge on any atom is -0.330 e. The number of halogens is 2. The van der Waals surface area contributed by atoms with Crippen LogP contribution in [0, 0.1) is 5.41 Å². The van der Waals surface area contributed by atoms with Gasteiger partial charge in [-0.25, -0.2) is 4.98 Å². The average Bonchev–Trinajstić information content (AvgIpc) is 3.03. The number of piperidine rings is 1. The fourth-order valence-corrected chi connectivity index (χ4v) is 4.76. The molecule has 1 aromatic heterocycles. The molecule has 0 aromatic carbocycles. The highest BCUT2D eigenvalue weighted by Gasteiger charge is 2.33. The summed E-state index contributed by atoms with van der Waals surface area (Å²) in [6, 6.07) is 0. The molecule has 3 rings (SSSR count). The molecular formula is C18H32Cl2N4OS. The second kappa shape index (κ2) is 11.4. The Balaban J connectivity index is 0.00000169. The van der Waals surface area contributed by atoms with Crippen LogP contribution in [0.25, 0.3) is 0 Å². The van der Waals surface area contributed by atoms with Crippen molar-refractivity contribution in [1.29, 1.82) is 0 Å². The van der Waals surface area contributed by atoms with Gasteiger partial charge in [0.2, 0.25) is 5.91 Å². The van der Waals surface area contributed by atoms with E-state index in [0.717, 1.165) is 43.3 Å². The van der Waals surface area contributed by atoms with Gasteiger partial charge in [0.15, 0.2) is 5.13 Å². The van der Waals surface area contributed by atoms with E-state index in [-0.39, 0.29) is 36.1 Å². The number of nitrogens with two attached hydrogens (primary N) is 1. The van der Waals surface area contributed by atoms with Crippen LogP contribution in [-0.2, 0) is 11.3 Å². The zero-order valence-electron chi connectivity index (χ0n) is 15.4. The van der Waals surface area contributed by atoms with Crippen LogP contribution >= 0.6 is 36.2 Å². The lowest BCUT2D eigenvalue weighted by Crippen LogP contribution is -2.36. The van der Waals surface area contributed by atoms with Crippen molar-refractivity contribution in [2.45, 2.75) is 64.3 Å². The number of carbonyl (C=O) groups is 1. The van der Waals surface area contributed by atoms with E-state index in [1.54, 1.807) is 0 Å². The summed E-state index contributed by atoms with van der Waals surface area (Å²) in [5.74, 6) is 0.0706. The van der Waals surface area contributed by atoms with Gasteiger partial charge < -0.3 is 11.1 Å². The van der Waals surface area contributed by atoms with Crippen LogP contribution < -0.4 is 11.1 Å². The number of amides is 1. The first kappa shape index (κ1) is 23.6. The van der Waals surface area contributed by atoms with Crippen molar-refractivity contribution in [3.63, 3.8) is 0 Å². The van der Waals surface area contributed by atoms with Crippen molar-refractivity contribution < 1.29 is 4.79 Å². The van der Waals surface area contributed by atoms with E-state index in [9.17, 15) is 4.79 Å². The molecule has 1 saturated carbocycles. The Labute approximate surface area is 173 Å². The van der Waals surface area contributed by atoms with Crippen molar-refractivity contribution in [2.75, 3.05) is 25.0 Å². The quantitative estimate of drug-likeness (QED) is 0.719. The maximum absolute atomic E-state index is 12.4.